The smallest absolute Gasteiger partial charge is 0.429 e. The zero-order valence-electron chi connectivity index (χ0n) is 22.2. The molecule has 222 valence electrons. The van der Waals surface area contributed by atoms with E-state index in [0.717, 1.165) is 30.9 Å². The summed E-state index contributed by atoms with van der Waals surface area (Å²) in [7, 11) is 0. The zero-order chi connectivity index (χ0) is 29.2. The molecule has 4 rings (SSSR count). The first-order valence-corrected chi connectivity index (χ1v) is 13.9. The summed E-state index contributed by atoms with van der Waals surface area (Å²) < 4.78 is 129. The molecule has 1 nitrogen and oxygen atoms in total. The molecule has 0 spiro atoms. The highest BCUT2D eigenvalue weighted by Gasteiger charge is 2.43. The molecule has 0 radical (unpaired) electrons. The average Bonchev–Trinajstić information content (AvgIpc) is 2.85. The lowest BCUT2D eigenvalue weighted by molar-refractivity contribution is -0.189. The monoisotopic (exact) mass is 580 g/mol. The Morgan fingerprint density at radius 1 is 0.675 bits per heavy atom. The number of benzene rings is 2. The predicted molar refractivity (Wildman–Crippen MR) is 132 cm³/mol. The molecule has 0 N–H and O–H groups in total. The Hall–Kier alpha value is -2.39. The minimum absolute atomic E-state index is 0.111. The molecule has 0 aliphatic heterocycles. The highest BCUT2D eigenvalue weighted by atomic mass is 19.4. The molecule has 0 bridgehead atoms. The maximum atomic E-state index is 14.8. The van der Waals surface area contributed by atoms with Crippen LogP contribution in [0.5, 0.6) is 5.75 Å². The van der Waals surface area contributed by atoms with Crippen molar-refractivity contribution in [3.05, 3.63) is 64.2 Å². The summed E-state index contributed by atoms with van der Waals surface area (Å²) in [6.45, 7) is 2.20. The van der Waals surface area contributed by atoms with Crippen LogP contribution in [0.2, 0.25) is 0 Å². The standard InChI is InChI=1S/C30H33F9O/c1-2-3-4-17-5-7-18(8-6-17)19-9-11-20(12-10-19)21-13-23(31)28(24(32)14-21)30(38,39)40-22-15-25(33)27(26(34)16-22)29(35,36)37/h13-20H,2-12H2,1H3/t17-,18-,19-,20-. The van der Waals surface area contributed by atoms with E-state index < -0.39 is 52.4 Å². The predicted octanol–water partition coefficient (Wildman–Crippen LogP) is 10.7. The fourth-order valence-corrected chi connectivity index (χ4v) is 6.55. The van der Waals surface area contributed by atoms with Crippen LogP contribution in [0.4, 0.5) is 39.5 Å². The third-order valence-corrected chi connectivity index (χ3v) is 8.67. The Labute approximate surface area is 228 Å². The van der Waals surface area contributed by atoms with Gasteiger partial charge in [-0.3, -0.25) is 0 Å². The van der Waals surface area contributed by atoms with Crippen molar-refractivity contribution < 1.29 is 44.3 Å². The Balaban J connectivity index is 1.41. The molecule has 0 atom stereocenters. The van der Waals surface area contributed by atoms with Gasteiger partial charge >= 0.3 is 12.3 Å². The molecular weight excluding hydrogens is 547 g/mol. The highest BCUT2D eigenvalue weighted by molar-refractivity contribution is 5.35. The minimum Gasteiger partial charge on any atom is -0.429 e. The van der Waals surface area contributed by atoms with Crippen LogP contribution in [0.1, 0.15) is 100 Å². The van der Waals surface area contributed by atoms with Gasteiger partial charge in [0.2, 0.25) is 0 Å². The van der Waals surface area contributed by atoms with Crippen molar-refractivity contribution in [2.45, 2.75) is 95.8 Å². The van der Waals surface area contributed by atoms with Gasteiger partial charge in [-0.1, -0.05) is 39.0 Å². The highest BCUT2D eigenvalue weighted by Crippen LogP contribution is 2.46. The van der Waals surface area contributed by atoms with Gasteiger partial charge < -0.3 is 4.74 Å². The molecule has 40 heavy (non-hydrogen) atoms. The van der Waals surface area contributed by atoms with E-state index in [1.165, 1.54) is 44.9 Å². The number of ether oxygens (including phenoxy) is 1. The third kappa shape index (κ3) is 6.90. The van der Waals surface area contributed by atoms with Gasteiger partial charge in [0.15, 0.2) is 0 Å². The molecule has 2 aliphatic rings. The summed E-state index contributed by atoms with van der Waals surface area (Å²) in [5.74, 6) is -7.19. The molecule has 0 amide bonds. The maximum Gasteiger partial charge on any atom is 0.432 e. The first kappa shape index (κ1) is 30.6. The largest absolute Gasteiger partial charge is 0.432 e. The summed E-state index contributed by atoms with van der Waals surface area (Å²) in [5.41, 5.74) is -3.84. The lowest BCUT2D eigenvalue weighted by Gasteiger charge is -2.38. The van der Waals surface area contributed by atoms with E-state index in [9.17, 15) is 39.5 Å². The van der Waals surface area contributed by atoms with E-state index in [2.05, 4.69) is 11.7 Å². The first-order chi connectivity index (χ1) is 18.8. The third-order valence-electron chi connectivity index (χ3n) is 8.67. The number of hydrogen-bond donors (Lipinski definition) is 0. The zero-order valence-corrected chi connectivity index (χ0v) is 22.2. The van der Waals surface area contributed by atoms with Gasteiger partial charge in [0.1, 0.15) is 40.1 Å². The van der Waals surface area contributed by atoms with Crippen LogP contribution in [0.25, 0.3) is 0 Å². The summed E-state index contributed by atoms with van der Waals surface area (Å²) in [4.78, 5) is 0. The SMILES string of the molecule is CCCC[C@H]1CC[C@H]([C@H]2CC[C@H](c3cc(F)c(C(F)(F)Oc4cc(F)c(C(F)(F)F)c(F)c4)c(F)c3)CC2)CC1. The van der Waals surface area contributed by atoms with Gasteiger partial charge in [0.05, 0.1) is 0 Å². The number of unbranched alkanes of at least 4 members (excludes halogenated alkanes) is 1. The van der Waals surface area contributed by atoms with Crippen molar-refractivity contribution in [3.63, 3.8) is 0 Å². The average molecular weight is 581 g/mol. The second-order valence-electron chi connectivity index (χ2n) is 11.3. The summed E-state index contributed by atoms with van der Waals surface area (Å²) in [6, 6.07) is 1.40. The lowest BCUT2D eigenvalue weighted by atomic mass is 9.68. The van der Waals surface area contributed by atoms with Crippen LogP contribution in [0.15, 0.2) is 24.3 Å². The topological polar surface area (TPSA) is 9.23 Å². The van der Waals surface area contributed by atoms with Gasteiger partial charge in [0.25, 0.3) is 0 Å². The van der Waals surface area contributed by atoms with Gasteiger partial charge in [-0.2, -0.15) is 22.0 Å². The van der Waals surface area contributed by atoms with Gasteiger partial charge in [0, 0.05) is 12.1 Å². The van der Waals surface area contributed by atoms with Crippen molar-refractivity contribution in [3.8, 4) is 5.75 Å². The van der Waals surface area contributed by atoms with E-state index in [1.807, 2.05) is 0 Å². The normalized spacial score (nSPS) is 24.2. The van der Waals surface area contributed by atoms with E-state index in [0.29, 0.717) is 24.7 Å². The molecule has 2 aromatic rings. The summed E-state index contributed by atoms with van der Waals surface area (Å²) >= 11 is 0. The van der Waals surface area contributed by atoms with Crippen LogP contribution in [0.3, 0.4) is 0 Å². The van der Waals surface area contributed by atoms with Crippen LogP contribution >= 0.6 is 0 Å². The minimum atomic E-state index is -5.42. The van der Waals surface area contributed by atoms with Crippen molar-refractivity contribution in [1.29, 1.82) is 0 Å². The molecule has 0 unspecified atom stereocenters. The van der Waals surface area contributed by atoms with Crippen LogP contribution in [-0.4, -0.2) is 0 Å². The second kappa shape index (κ2) is 12.2. The van der Waals surface area contributed by atoms with Crippen molar-refractivity contribution in [1.82, 2.24) is 0 Å². The van der Waals surface area contributed by atoms with Gasteiger partial charge in [-0.15, -0.1) is 0 Å². The second-order valence-corrected chi connectivity index (χ2v) is 11.3. The van der Waals surface area contributed by atoms with E-state index in [4.69, 9.17) is 0 Å². The molecule has 10 heteroatoms. The molecule has 0 aromatic heterocycles. The molecule has 0 saturated heterocycles. The van der Waals surface area contributed by atoms with Crippen molar-refractivity contribution in [2.24, 2.45) is 17.8 Å². The molecule has 2 fully saturated rings. The number of alkyl halides is 5. The molecule has 2 aromatic carbocycles. The van der Waals surface area contributed by atoms with E-state index >= 15 is 0 Å². The Bertz CT molecular complexity index is 1110. The van der Waals surface area contributed by atoms with E-state index in [-0.39, 0.29) is 23.6 Å². The first-order valence-electron chi connectivity index (χ1n) is 13.9. The molecular formula is C30H33F9O. The molecule has 0 heterocycles. The fourth-order valence-electron chi connectivity index (χ4n) is 6.55. The maximum absolute atomic E-state index is 14.8. The Kier molecular flexibility index (Phi) is 9.35. The van der Waals surface area contributed by atoms with Gasteiger partial charge in [-0.05, 0) is 79.9 Å². The van der Waals surface area contributed by atoms with Crippen molar-refractivity contribution >= 4 is 0 Å². The van der Waals surface area contributed by atoms with Crippen LogP contribution < -0.4 is 4.74 Å². The Morgan fingerprint density at radius 2 is 1.15 bits per heavy atom. The molecule has 2 saturated carbocycles. The molecule has 2 aliphatic carbocycles. The van der Waals surface area contributed by atoms with Crippen LogP contribution in [-0.2, 0) is 12.3 Å². The summed E-state index contributed by atoms with van der Waals surface area (Å²) in [6.07, 6.45) is 1.59. The van der Waals surface area contributed by atoms with Gasteiger partial charge in [-0.25, -0.2) is 17.6 Å². The Morgan fingerprint density at radius 3 is 1.62 bits per heavy atom. The van der Waals surface area contributed by atoms with Crippen molar-refractivity contribution in [2.75, 3.05) is 0 Å². The van der Waals surface area contributed by atoms with Crippen LogP contribution in [0, 0.1) is 41.0 Å². The fraction of sp³-hybridized carbons (Fsp3) is 0.600. The number of rotatable bonds is 8. The van der Waals surface area contributed by atoms with E-state index in [1.54, 1.807) is 0 Å². The lowest BCUT2D eigenvalue weighted by Crippen LogP contribution is -2.27. The summed E-state index contributed by atoms with van der Waals surface area (Å²) in [5, 5.41) is 0. The number of halogens is 9. The quantitative estimate of drug-likeness (QED) is 0.282. The number of hydrogen-bond acceptors (Lipinski definition) is 1.